The Bertz CT molecular complexity index is 872. The Kier molecular flexibility index (Phi) is 42.7. The molecule has 0 N–H and O–H groups in total. The van der Waals surface area contributed by atoms with Gasteiger partial charge in [-0.2, -0.15) is 0 Å². The zero-order chi connectivity index (χ0) is 41.9. The van der Waals surface area contributed by atoms with E-state index in [-0.39, 0.29) is 31.1 Å². The van der Waals surface area contributed by atoms with E-state index in [1.54, 1.807) is 0 Å². The maximum Gasteiger partial charge on any atom is 0.306 e. The van der Waals surface area contributed by atoms with Crippen LogP contribution >= 0.6 is 0 Å². The van der Waals surface area contributed by atoms with Gasteiger partial charge in [-0.25, -0.2) is 0 Å². The summed E-state index contributed by atoms with van der Waals surface area (Å²) < 4.78 is 16.8. The van der Waals surface area contributed by atoms with Crippen molar-refractivity contribution in [3.05, 3.63) is 0 Å². The van der Waals surface area contributed by atoms with Crippen LogP contribution in [-0.2, 0) is 28.6 Å². The van der Waals surface area contributed by atoms with E-state index in [4.69, 9.17) is 14.2 Å². The first kappa shape index (κ1) is 55.4. The minimum absolute atomic E-state index is 0.0646. The highest BCUT2D eigenvalue weighted by Crippen LogP contribution is 2.18. The third-order valence-corrected chi connectivity index (χ3v) is 11.8. The summed E-state index contributed by atoms with van der Waals surface area (Å²) in [5, 5.41) is 0. The molecule has 338 valence electrons. The van der Waals surface area contributed by atoms with E-state index < -0.39 is 6.10 Å². The van der Waals surface area contributed by atoms with E-state index in [2.05, 4.69) is 34.6 Å². The number of hydrogen-bond acceptors (Lipinski definition) is 6. The first-order chi connectivity index (χ1) is 27.8. The maximum atomic E-state index is 12.8. The standard InChI is InChI=1S/C51H98O6/c1-6-8-9-10-11-12-13-19-22-25-31-36-41-49(52)55-44-48(45-56-50(53)42-37-32-28-27-29-34-39-46(3)4)57-51(54)43-38-33-26-23-20-17-15-14-16-18-21-24-30-35-40-47(5)7-2/h46-48H,6-45H2,1-5H3/t47?,48-/m0/s1. The highest BCUT2D eigenvalue weighted by Gasteiger charge is 2.19. The van der Waals surface area contributed by atoms with E-state index in [0.29, 0.717) is 19.3 Å². The van der Waals surface area contributed by atoms with Gasteiger partial charge in [0, 0.05) is 19.3 Å². The lowest BCUT2D eigenvalue weighted by Crippen LogP contribution is -2.30. The molecule has 0 aromatic rings. The summed E-state index contributed by atoms with van der Waals surface area (Å²) in [6.45, 7) is 11.3. The fourth-order valence-electron chi connectivity index (χ4n) is 7.60. The zero-order valence-electron chi connectivity index (χ0n) is 39.0. The highest BCUT2D eigenvalue weighted by atomic mass is 16.6. The first-order valence-electron chi connectivity index (χ1n) is 25.3. The molecule has 0 amide bonds. The molecule has 6 nitrogen and oxygen atoms in total. The molecule has 0 heterocycles. The van der Waals surface area contributed by atoms with Crippen LogP contribution in [0.3, 0.4) is 0 Å². The average Bonchev–Trinajstić information content (AvgIpc) is 3.19. The maximum absolute atomic E-state index is 12.8. The van der Waals surface area contributed by atoms with E-state index in [9.17, 15) is 14.4 Å². The van der Waals surface area contributed by atoms with Crippen LogP contribution in [0.1, 0.15) is 279 Å². The summed E-state index contributed by atoms with van der Waals surface area (Å²) in [5.74, 6) is 0.803. The van der Waals surface area contributed by atoms with Crippen LogP contribution in [0, 0.1) is 11.8 Å². The minimum atomic E-state index is -0.761. The largest absolute Gasteiger partial charge is 0.462 e. The summed E-state index contributed by atoms with van der Waals surface area (Å²) in [6, 6.07) is 0. The molecule has 0 aliphatic carbocycles. The Hall–Kier alpha value is -1.59. The highest BCUT2D eigenvalue weighted by molar-refractivity contribution is 5.71. The van der Waals surface area contributed by atoms with Gasteiger partial charge in [0.1, 0.15) is 13.2 Å². The van der Waals surface area contributed by atoms with Crippen LogP contribution in [0.4, 0.5) is 0 Å². The monoisotopic (exact) mass is 807 g/mol. The van der Waals surface area contributed by atoms with Crippen LogP contribution in [0.15, 0.2) is 0 Å². The molecule has 0 spiro atoms. The summed E-state index contributed by atoms with van der Waals surface area (Å²) in [6.07, 6.45) is 43.8. The summed E-state index contributed by atoms with van der Waals surface area (Å²) in [4.78, 5) is 37.8. The van der Waals surface area contributed by atoms with Gasteiger partial charge >= 0.3 is 17.9 Å². The Labute approximate surface area is 355 Å². The molecule has 0 aliphatic heterocycles. The quantitative estimate of drug-likeness (QED) is 0.0346. The van der Waals surface area contributed by atoms with Crippen LogP contribution in [0.25, 0.3) is 0 Å². The second-order valence-corrected chi connectivity index (χ2v) is 18.2. The summed E-state index contributed by atoms with van der Waals surface area (Å²) in [5.41, 5.74) is 0. The molecule has 6 heteroatoms. The molecule has 0 saturated carbocycles. The second-order valence-electron chi connectivity index (χ2n) is 18.2. The molecule has 0 fully saturated rings. The summed E-state index contributed by atoms with van der Waals surface area (Å²) in [7, 11) is 0. The molecule has 0 radical (unpaired) electrons. The van der Waals surface area contributed by atoms with Gasteiger partial charge in [-0.15, -0.1) is 0 Å². The first-order valence-corrected chi connectivity index (χ1v) is 25.3. The van der Waals surface area contributed by atoms with Gasteiger partial charge in [0.05, 0.1) is 0 Å². The molecule has 0 rings (SSSR count). The number of esters is 3. The van der Waals surface area contributed by atoms with Crippen LogP contribution < -0.4 is 0 Å². The second kappa shape index (κ2) is 44.0. The van der Waals surface area contributed by atoms with E-state index in [1.165, 1.54) is 167 Å². The fourth-order valence-corrected chi connectivity index (χ4v) is 7.60. The van der Waals surface area contributed by atoms with Crippen molar-refractivity contribution in [2.75, 3.05) is 13.2 Å². The number of carbonyl (C=O) groups is 3. The zero-order valence-corrected chi connectivity index (χ0v) is 39.0. The Morgan fingerprint density at radius 2 is 0.667 bits per heavy atom. The van der Waals surface area contributed by atoms with Gasteiger partial charge in [-0.05, 0) is 31.1 Å². The van der Waals surface area contributed by atoms with Crippen molar-refractivity contribution >= 4 is 17.9 Å². The van der Waals surface area contributed by atoms with Crippen LogP contribution in [0.2, 0.25) is 0 Å². The molecule has 2 atom stereocenters. The molecule has 57 heavy (non-hydrogen) atoms. The lowest BCUT2D eigenvalue weighted by molar-refractivity contribution is -0.167. The number of unbranched alkanes of at least 4 members (excludes halogenated alkanes) is 29. The predicted octanol–water partition coefficient (Wildman–Crippen LogP) is 16.1. The molecular weight excluding hydrogens is 709 g/mol. The molecule has 1 unspecified atom stereocenters. The third-order valence-electron chi connectivity index (χ3n) is 11.8. The van der Waals surface area contributed by atoms with Crippen molar-refractivity contribution in [1.82, 2.24) is 0 Å². The van der Waals surface area contributed by atoms with Crippen molar-refractivity contribution < 1.29 is 28.6 Å². The topological polar surface area (TPSA) is 78.9 Å². The lowest BCUT2D eigenvalue weighted by Gasteiger charge is -2.18. The smallest absolute Gasteiger partial charge is 0.306 e. The molecule has 0 aromatic heterocycles. The summed E-state index contributed by atoms with van der Waals surface area (Å²) >= 11 is 0. The number of rotatable bonds is 45. The van der Waals surface area contributed by atoms with E-state index in [1.807, 2.05) is 0 Å². The molecule has 0 saturated heterocycles. The van der Waals surface area contributed by atoms with Gasteiger partial charge in [0.15, 0.2) is 6.10 Å². The van der Waals surface area contributed by atoms with E-state index >= 15 is 0 Å². The Morgan fingerprint density at radius 1 is 0.368 bits per heavy atom. The van der Waals surface area contributed by atoms with Crippen molar-refractivity contribution in [3.8, 4) is 0 Å². The van der Waals surface area contributed by atoms with Crippen molar-refractivity contribution in [2.24, 2.45) is 11.8 Å². The van der Waals surface area contributed by atoms with Gasteiger partial charge in [0.25, 0.3) is 0 Å². The lowest BCUT2D eigenvalue weighted by atomic mass is 9.99. The third kappa shape index (κ3) is 43.8. The van der Waals surface area contributed by atoms with Crippen molar-refractivity contribution in [3.63, 3.8) is 0 Å². The molecule has 0 aromatic carbocycles. The predicted molar refractivity (Wildman–Crippen MR) is 243 cm³/mol. The molecular formula is C51H98O6. The minimum Gasteiger partial charge on any atom is -0.462 e. The SMILES string of the molecule is CCCCCCCCCCCCCCC(=O)OC[C@@H](COC(=O)CCCCCCCCC(C)C)OC(=O)CCCCCCCCCCCCCCCCC(C)CC. The van der Waals surface area contributed by atoms with Crippen LogP contribution in [-0.4, -0.2) is 37.2 Å². The van der Waals surface area contributed by atoms with Gasteiger partial charge in [-0.1, -0.05) is 240 Å². The number of hydrogen-bond donors (Lipinski definition) is 0. The number of carbonyl (C=O) groups excluding carboxylic acids is 3. The molecule has 0 bridgehead atoms. The Balaban J connectivity index is 4.26. The Morgan fingerprint density at radius 3 is 1.00 bits per heavy atom. The average molecular weight is 807 g/mol. The van der Waals surface area contributed by atoms with Crippen molar-refractivity contribution in [2.45, 2.75) is 285 Å². The van der Waals surface area contributed by atoms with Gasteiger partial charge < -0.3 is 14.2 Å². The van der Waals surface area contributed by atoms with Crippen molar-refractivity contribution in [1.29, 1.82) is 0 Å². The molecule has 0 aliphatic rings. The van der Waals surface area contributed by atoms with Crippen LogP contribution in [0.5, 0.6) is 0 Å². The fraction of sp³-hybridized carbons (Fsp3) is 0.941. The van der Waals surface area contributed by atoms with Gasteiger partial charge in [0.2, 0.25) is 0 Å². The normalized spacial score (nSPS) is 12.5. The number of ether oxygens (including phenoxy) is 3. The van der Waals surface area contributed by atoms with Gasteiger partial charge in [-0.3, -0.25) is 14.4 Å². The van der Waals surface area contributed by atoms with E-state index in [0.717, 1.165) is 69.6 Å².